The number of methoxy groups -OCH3 is 1. The summed E-state index contributed by atoms with van der Waals surface area (Å²) >= 11 is 3.45. The summed E-state index contributed by atoms with van der Waals surface area (Å²) in [5.41, 5.74) is 1.10. The van der Waals surface area contributed by atoms with Gasteiger partial charge in [-0.15, -0.1) is 5.10 Å². The quantitative estimate of drug-likeness (QED) is 0.323. The molecular weight excluding hydrogens is 641 g/mol. The molecule has 3 heterocycles. The second-order valence-corrected chi connectivity index (χ2v) is 11.4. The van der Waals surface area contributed by atoms with E-state index in [1.807, 2.05) is 13.0 Å². The highest BCUT2D eigenvalue weighted by Crippen LogP contribution is 2.36. The molecule has 2 saturated heterocycles. The number of halogens is 4. The summed E-state index contributed by atoms with van der Waals surface area (Å²) in [6.07, 6.45) is -4.80. The number of benzene rings is 2. The number of nitrogens with zero attached hydrogens (tertiary/aromatic N) is 4. The number of hydrogen-bond donors (Lipinski definition) is 3. The first-order chi connectivity index (χ1) is 20.5. The van der Waals surface area contributed by atoms with E-state index >= 15 is 0 Å². The van der Waals surface area contributed by atoms with E-state index in [2.05, 4.69) is 26.2 Å². The fourth-order valence-electron chi connectivity index (χ4n) is 5.55. The van der Waals surface area contributed by atoms with Gasteiger partial charge in [-0.05, 0) is 49.2 Å². The molecule has 2 aromatic carbocycles. The van der Waals surface area contributed by atoms with E-state index in [1.165, 1.54) is 18.2 Å². The van der Waals surface area contributed by atoms with Crippen LogP contribution in [0.3, 0.4) is 0 Å². The molecule has 0 saturated carbocycles. The number of aliphatic hydroxyl groups is 3. The molecule has 3 N–H and O–H groups in total. The Hall–Kier alpha value is -2.92. The summed E-state index contributed by atoms with van der Waals surface area (Å²) in [6.45, 7) is 1.51. The highest BCUT2D eigenvalue weighted by atomic mass is 79.9. The van der Waals surface area contributed by atoms with Crippen LogP contribution in [-0.2, 0) is 19.0 Å². The Kier molecular flexibility index (Phi) is 9.51. The molecule has 11 nitrogen and oxygen atoms in total. The highest BCUT2D eigenvalue weighted by molar-refractivity contribution is 9.10. The van der Waals surface area contributed by atoms with Crippen LogP contribution in [0, 0.1) is 24.4 Å². The SMILES string of the molecule is COC1C(C(=O)N(c2cc(C)cc(Br)c2)[C@H]2COCC[C@@H]2O)OC(CO)C(O)C1n1cc(-c2cc(F)c(F)c(F)c2)nn1. The number of aryl methyl sites for hydroxylation is 1. The van der Waals surface area contributed by atoms with Crippen LogP contribution in [0.4, 0.5) is 18.9 Å². The summed E-state index contributed by atoms with van der Waals surface area (Å²) in [5.74, 6) is -5.13. The molecule has 2 fully saturated rings. The molecule has 2 aliphatic rings. The first-order valence-electron chi connectivity index (χ1n) is 13.4. The van der Waals surface area contributed by atoms with Crippen LogP contribution in [0.5, 0.6) is 0 Å². The molecule has 5 rings (SSSR count). The minimum atomic E-state index is -1.64. The molecule has 15 heteroatoms. The largest absolute Gasteiger partial charge is 0.394 e. The molecule has 7 atom stereocenters. The van der Waals surface area contributed by atoms with Crippen LogP contribution < -0.4 is 4.90 Å². The number of carbonyl (C=O) groups is 1. The molecule has 43 heavy (non-hydrogen) atoms. The smallest absolute Gasteiger partial charge is 0.259 e. The molecule has 2 aliphatic heterocycles. The van der Waals surface area contributed by atoms with Crippen LogP contribution in [0.2, 0.25) is 0 Å². The van der Waals surface area contributed by atoms with Gasteiger partial charge >= 0.3 is 0 Å². The van der Waals surface area contributed by atoms with Crippen molar-refractivity contribution in [1.82, 2.24) is 15.0 Å². The van der Waals surface area contributed by atoms with Gasteiger partial charge in [-0.25, -0.2) is 17.9 Å². The Morgan fingerprint density at radius 2 is 1.91 bits per heavy atom. The van der Waals surface area contributed by atoms with Gasteiger partial charge in [0.05, 0.1) is 31.6 Å². The van der Waals surface area contributed by atoms with Crippen molar-refractivity contribution in [2.75, 3.05) is 31.8 Å². The molecule has 0 radical (unpaired) electrons. The minimum absolute atomic E-state index is 0.0372. The van der Waals surface area contributed by atoms with Crippen LogP contribution >= 0.6 is 15.9 Å². The summed E-state index contributed by atoms with van der Waals surface area (Å²) in [7, 11) is 1.29. The first-order valence-corrected chi connectivity index (χ1v) is 14.2. The van der Waals surface area contributed by atoms with Gasteiger partial charge in [-0.1, -0.05) is 21.1 Å². The number of anilines is 1. The molecule has 232 valence electrons. The normalized spacial score (nSPS) is 27.7. The predicted octanol–water partition coefficient (Wildman–Crippen LogP) is 2.29. The summed E-state index contributed by atoms with van der Waals surface area (Å²) in [5, 5.41) is 40.1. The lowest BCUT2D eigenvalue weighted by molar-refractivity contribution is -0.211. The summed E-state index contributed by atoms with van der Waals surface area (Å²) in [6, 6.07) is 4.84. The van der Waals surface area contributed by atoms with Crippen molar-refractivity contribution in [3.63, 3.8) is 0 Å². The lowest BCUT2D eigenvalue weighted by atomic mass is 9.90. The minimum Gasteiger partial charge on any atom is -0.394 e. The Morgan fingerprint density at radius 3 is 2.53 bits per heavy atom. The fraction of sp³-hybridized carbons (Fsp3) is 0.464. The van der Waals surface area contributed by atoms with E-state index in [9.17, 15) is 33.3 Å². The topological polar surface area (TPSA) is 139 Å². The fourth-order valence-corrected chi connectivity index (χ4v) is 6.15. The Labute approximate surface area is 252 Å². The monoisotopic (exact) mass is 670 g/mol. The van der Waals surface area contributed by atoms with Crippen LogP contribution in [-0.4, -0.2) is 99.7 Å². The lowest BCUT2D eigenvalue weighted by Crippen LogP contribution is -2.64. The van der Waals surface area contributed by atoms with Crippen LogP contribution in [0.1, 0.15) is 18.0 Å². The average Bonchev–Trinajstić information content (AvgIpc) is 3.45. The van der Waals surface area contributed by atoms with Gasteiger partial charge in [0.2, 0.25) is 0 Å². The molecule has 1 amide bonds. The van der Waals surface area contributed by atoms with Gasteiger partial charge in [0.15, 0.2) is 23.6 Å². The van der Waals surface area contributed by atoms with Crippen molar-refractivity contribution < 1.29 is 47.5 Å². The van der Waals surface area contributed by atoms with Crippen LogP contribution in [0.15, 0.2) is 41.0 Å². The second-order valence-electron chi connectivity index (χ2n) is 10.5. The van der Waals surface area contributed by atoms with Crippen molar-refractivity contribution in [2.45, 2.75) is 55.9 Å². The van der Waals surface area contributed by atoms with E-state index < -0.39 is 72.6 Å². The third-order valence-corrected chi connectivity index (χ3v) is 8.10. The van der Waals surface area contributed by atoms with Crippen molar-refractivity contribution in [3.05, 3.63) is 64.0 Å². The molecule has 0 aliphatic carbocycles. The number of ether oxygens (including phenoxy) is 3. The van der Waals surface area contributed by atoms with Gasteiger partial charge < -0.3 is 34.4 Å². The highest BCUT2D eigenvalue weighted by Gasteiger charge is 2.52. The Morgan fingerprint density at radius 1 is 1.19 bits per heavy atom. The molecule has 5 unspecified atom stereocenters. The maximum atomic E-state index is 14.4. The third-order valence-electron chi connectivity index (χ3n) is 7.64. The molecule has 1 aromatic heterocycles. The van der Waals surface area contributed by atoms with E-state index in [1.54, 1.807) is 12.1 Å². The zero-order chi connectivity index (χ0) is 31.0. The zero-order valence-corrected chi connectivity index (χ0v) is 24.7. The maximum absolute atomic E-state index is 14.4. The standard InChI is InChI=1S/C28H30BrF3N4O7/c1-13-5-15(29)9-16(6-13)36(20-12-42-4-3-21(20)38)28(40)27-26(41-2)24(25(39)22(11-37)43-27)35-10-19(33-34-35)14-7-17(30)23(32)18(31)8-14/h5-10,20-22,24-27,37-39H,3-4,11-12H2,1-2H3/t20-,21-,22?,24?,25?,26?,27?/m0/s1. The molecule has 0 bridgehead atoms. The van der Waals surface area contributed by atoms with E-state index in [4.69, 9.17) is 14.2 Å². The van der Waals surface area contributed by atoms with E-state index in [0.717, 1.165) is 22.4 Å². The zero-order valence-electron chi connectivity index (χ0n) is 23.1. The van der Waals surface area contributed by atoms with Gasteiger partial charge in [-0.2, -0.15) is 0 Å². The summed E-state index contributed by atoms with van der Waals surface area (Å²) in [4.78, 5) is 15.8. The number of amides is 1. The first kappa shape index (κ1) is 31.5. The van der Waals surface area contributed by atoms with Gasteiger partial charge in [-0.3, -0.25) is 4.79 Å². The number of aromatic nitrogens is 3. The molecule has 0 spiro atoms. The summed E-state index contributed by atoms with van der Waals surface area (Å²) < 4.78 is 60.4. The van der Waals surface area contributed by atoms with Crippen molar-refractivity contribution in [2.24, 2.45) is 0 Å². The third kappa shape index (κ3) is 6.20. The van der Waals surface area contributed by atoms with Gasteiger partial charge in [0.1, 0.15) is 30.0 Å². The van der Waals surface area contributed by atoms with Crippen molar-refractivity contribution in [3.8, 4) is 11.3 Å². The molecular formula is C28H30BrF3N4O7. The Balaban J connectivity index is 1.55. The van der Waals surface area contributed by atoms with E-state index in [0.29, 0.717) is 16.8 Å². The number of hydrogen-bond acceptors (Lipinski definition) is 9. The molecule has 3 aromatic rings. The second kappa shape index (κ2) is 13.0. The van der Waals surface area contributed by atoms with Gasteiger partial charge in [0.25, 0.3) is 5.91 Å². The predicted molar refractivity (Wildman–Crippen MR) is 149 cm³/mol. The number of aliphatic hydroxyl groups excluding tert-OH is 3. The van der Waals surface area contributed by atoms with Crippen molar-refractivity contribution in [1.29, 1.82) is 0 Å². The number of rotatable bonds is 7. The lowest BCUT2D eigenvalue weighted by Gasteiger charge is -2.46. The van der Waals surface area contributed by atoms with E-state index in [-0.39, 0.29) is 24.3 Å². The maximum Gasteiger partial charge on any atom is 0.259 e. The van der Waals surface area contributed by atoms with Gasteiger partial charge in [0, 0.05) is 29.4 Å². The number of carbonyl (C=O) groups excluding carboxylic acids is 1. The average molecular weight is 671 g/mol. The Bertz CT molecular complexity index is 1440. The van der Waals surface area contributed by atoms with Crippen LogP contribution in [0.25, 0.3) is 11.3 Å². The van der Waals surface area contributed by atoms with Crippen molar-refractivity contribution >= 4 is 27.5 Å².